The highest BCUT2D eigenvalue weighted by Gasteiger charge is 2.18. The lowest BCUT2D eigenvalue weighted by Gasteiger charge is -2.18. The Hall–Kier alpha value is -2.37. The van der Waals surface area contributed by atoms with Crippen LogP contribution in [0.5, 0.6) is 0 Å². The number of carbonyl (C=O) groups excluding carboxylic acids is 2. The topological polar surface area (TPSA) is 75.4 Å². The van der Waals surface area contributed by atoms with Crippen molar-refractivity contribution < 1.29 is 9.59 Å². The van der Waals surface area contributed by atoms with E-state index >= 15 is 0 Å². The summed E-state index contributed by atoms with van der Waals surface area (Å²) < 4.78 is 0. The summed E-state index contributed by atoms with van der Waals surface area (Å²) >= 11 is 0. The number of benzene rings is 2. The van der Waals surface area contributed by atoms with Crippen molar-refractivity contribution in [3.63, 3.8) is 0 Å². The second kappa shape index (κ2) is 9.20. The Morgan fingerprint density at radius 1 is 1.04 bits per heavy atom. The van der Waals surface area contributed by atoms with Crippen LogP contribution >= 0.6 is 12.4 Å². The van der Waals surface area contributed by atoms with E-state index in [9.17, 15) is 9.59 Å². The van der Waals surface area contributed by atoms with Gasteiger partial charge < -0.3 is 16.0 Å². The van der Waals surface area contributed by atoms with Crippen LogP contribution in [0.15, 0.2) is 54.6 Å². The van der Waals surface area contributed by atoms with Crippen molar-refractivity contribution in [2.75, 3.05) is 17.3 Å². The minimum absolute atomic E-state index is 0. The molecule has 0 aliphatic heterocycles. The number of hydrogen-bond donors (Lipinski definition) is 2. The maximum atomic E-state index is 12.6. The van der Waals surface area contributed by atoms with Gasteiger partial charge in [-0.25, -0.2) is 0 Å². The SMILES string of the molecule is CC(N)C(C)C(=O)Nc1cccc(C(=O)N(C)c2ccccc2)c1.Cl. The monoisotopic (exact) mass is 361 g/mol. The predicted octanol–water partition coefficient (Wildman–Crippen LogP) is 3.31. The van der Waals surface area contributed by atoms with Gasteiger partial charge in [0.15, 0.2) is 0 Å². The number of carbonyl (C=O) groups is 2. The molecular formula is C19H24ClN3O2. The van der Waals surface area contributed by atoms with Crippen molar-refractivity contribution in [2.45, 2.75) is 19.9 Å². The number of nitrogens with two attached hydrogens (primary N) is 1. The molecule has 0 heterocycles. The molecule has 0 radical (unpaired) electrons. The molecule has 2 rings (SSSR count). The van der Waals surface area contributed by atoms with Crippen LogP contribution in [0.25, 0.3) is 0 Å². The van der Waals surface area contributed by atoms with E-state index in [1.165, 1.54) is 0 Å². The Labute approximate surface area is 154 Å². The molecule has 0 spiro atoms. The summed E-state index contributed by atoms with van der Waals surface area (Å²) in [5.74, 6) is -0.611. The van der Waals surface area contributed by atoms with E-state index in [2.05, 4.69) is 5.32 Å². The number of nitrogens with zero attached hydrogens (tertiary/aromatic N) is 1. The van der Waals surface area contributed by atoms with E-state index in [4.69, 9.17) is 5.73 Å². The summed E-state index contributed by atoms with van der Waals surface area (Å²) in [4.78, 5) is 26.3. The molecule has 0 saturated heterocycles. The third kappa shape index (κ3) is 5.31. The molecule has 0 aromatic heterocycles. The van der Waals surface area contributed by atoms with Gasteiger partial charge in [0.2, 0.25) is 5.91 Å². The predicted molar refractivity (Wildman–Crippen MR) is 104 cm³/mol. The number of para-hydroxylation sites is 1. The lowest BCUT2D eigenvalue weighted by Crippen LogP contribution is -2.34. The highest BCUT2D eigenvalue weighted by molar-refractivity contribution is 6.06. The van der Waals surface area contributed by atoms with E-state index in [0.29, 0.717) is 11.3 Å². The van der Waals surface area contributed by atoms with Crippen molar-refractivity contribution in [3.05, 3.63) is 60.2 Å². The van der Waals surface area contributed by atoms with Crippen LogP contribution < -0.4 is 16.0 Å². The van der Waals surface area contributed by atoms with Crippen molar-refractivity contribution in [1.29, 1.82) is 0 Å². The lowest BCUT2D eigenvalue weighted by molar-refractivity contribution is -0.119. The Kier molecular flexibility index (Phi) is 7.61. The van der Waals surface area contributed by atoms with Crippen molar-refractivity contribution >= 4 is 35.6 Å². The van der Waals surface area contributed by atoms with Gasteiger partial charge in [0.05, 0.1) is 5.92 Å². The van der Waals surface area contributed by atoms with Gasteiger partial charge in [-0.15, -0.1) is 12.4 Å². The largest absolute Gasteiger partial charge is 0.327 e. The van der Waals surface area contributed by atoms with Gasteiger partial charge in [0.25, 0.3) is 5.91 Å². The molecular weight excluding hydrogens is 338 g/mol. The lowest BCUT2D eigenvalue weighted by atomic mass is 10.0. The van der Waals surface area contributed by atoms with E-state index in [-0.39, 0.29) is 36.2 Å². The maximum absolute atomic E-state index is 12.6. The first-order valence-electron chi connectivity index (χ1n) is 7.89. The minimum atomic E-state index is -0.309. The molecule has 0 aliphatic carbocycles. The molecule has 0 aliphatic rings. The molecule has 0 bridgehead atoms. The molecule has 3 N–H and O–H groups in total. The van der Waals surface area contributed by atoms with Gasteiger partial charge in [-0.05, 0) is 37.3 Å². The fraction of sp³-hybridized carbons (Fsp3) is 0.263. The molecule has 5 nitrogen and oxygen atoms in total. The first kappa shape index (κ1) is 20.7. The standard InChI is InChI=1S/C19H23N3O2.ClH/c1-13(14(2)20)18(23)21-16-9-7-8-15(12-16)19(24)22(3)17-10-5-4-6-11-17;/h4-14H,20H2,1-3H3,(H,21,23);1H. The molecule has 25 heavy (non-hydrogen) atoms. The summed E-state index contributed by atoms with van der Waals surface area (Å²) in [6, 6.07) is 16.1. The van der Waals surface area contributed by atoms with Crippen LogP contribution in [0.2, 0.25) is 0 Å². The normalized spacial score (nSPS) is 12.5. The first-order valence-corrected chi connectivity index (χ1v) is 7.89. The van der Waals surface area contributed by atoms with Crippen molar-refractivity contribution in [1.82, 2.24) is 0 Å². The molecule has 2 aromatic rings. The number of amides is 2. The average molecular weight is 362 g/mol. The number of rotatable bonds is 5. The minimum Gasteiger partial charge on any atom is -0.327 e. The maximum Gasteiger partial charge on any atom is 0.258 e. The quantitative estimate of drug-likeness (QED) is 0.857. The van der Waals surface area contributed by atoms with Crippen molar-refractivity contribution in [2.24, 2.45) is 11.7 Å². The zero-order chi connectivity index (χ0) is 17.7. The smallest absolute Gasteiger partial charge is 0.258 e. The van der Waals surface area contributed by atoms with Gasteiger partial charge in [0, 0.05) is 30.0 Å². The third-order valence-electron chi connectivity index (χ3n) is 4.03. The Morgan fingerprint density at radius 3 is 2.28 bits per heavy atom. The molecule has 0 fully saturated rings. The summed E-state index contributed by atoms with van der Waals surface area (Å²) in [6.45, 7) is 3.57. The second-order valence-electron chi connectivity index (χ2n) is 5.92. The molecule has 2 unspecified atom stereocenters. The van der Waals surface area contributed by atoms with E-state index < -0.39 is 0 Å². The van der Waals surface area contributed by atoms with Crippen LogP contribution in [0.3, 0.4) is 0 Å². The summed E-state index contributed by atoms with van der Waals surface area (Å²) in [6.07, 6.45) is 0. The molecule has 2 aromatic carbocycles. The molecule has 134 valence electrons. The van der Waals surface area contributed by atoms with Gasteiger partial charge in [-0.2, -0.15) is 0 Å². The number of anilines is 2. The van der Waals surface area contributed by atoms with Crippen LogP contribution in [-0.4, -0.2) is 24.9 Å². The first-order chi connectivity index (χ1) is 11.4. The third-order valence-corrected chi connectivity index (χ3v) is 4.03. The van der Waals surface area contributed by atoms with Crippen LogP contribution in [-0.2, 0) is 4.79 Å². The molecule has 2 amide bonds. The summed E-state index contributed by atoms with van der Waals surface area (Å²) in [5.41, 5.74) is 7.65. The van der Waals surface area contributed by atoms with Crippen molar-refractivity contribution in [3.8, 4) is 0 Å². The summed E-state index contributed by atoms with van der Waals surface area (Å²) in [5, 5.41) is 2.81. The molecule has 2 atom stereocenters. The highest BCUT2D eigenvalue weighted by atomic mass is 35.5. The average Bonchev–Trinajstić information content (AvgIpc) is 2.60. The van der Waals surface area contributed by atoms with E-state index in [1.807, 2.05) is 30.3 Å². The second-order valence-corrected chi connectivity index (χ2v) is 5.92. The Bertz CT molecular complexity index is 720. The molecule has 6 heteroatoms. The van der Waals surface area contributed by atoms with Gasteiger partial charge in [0.1, 0.15) is 0 Å². The number of halogens is 1. The Morgan fingerprint density at radius 2 is 1.68 bits per heavy atom. The van der Waals surface area contributed by atoms with Gasteiger partial charge in [-0.3, -0.25) is 9.59 Å². The summed E-state index contributed by atoms with van der Waals surface area (Å²) in [7, 11) is 1.72. The number of hydrogen-bond acceptors (Lipinski definition) is 3. The Balaban J connectivity index is 0.00000312. The van der Waals surface area contributed by atoms with Gasteiger partial charge in [-0.1, -0.05) is 31.2 Å². The fourth-order valence-corrected chi connectivity index (χ4v) is 2.19. The van der Waals surface area contributed by atoms with Crippen LogP contribution in [0.4, 0.5) is 11.4 Å². The molecule has 0 saturated carbocycles. The zero-order valence-corrected chi connectivity index (χ0v) is 15.4. The van der Waals surface area contributed by atoms with Crippen LogP contribution in [0, 0.1) is 5.92 Å². The van der Waals surface area contributed by atoms with Crippen LogP contribution in [0.1, 0.15) is 24.2 Å². The van der Waals surface area contributed by atoms with E-state index in [1.54, 1.807) is 50.1 Å². The fourth-order valence-electron chi connectivity index (χ4n) is 2.19. The van der Waals surface area contributed by atoms with Gasteiger partial charge >= 0.3 is 0 Å². The van der Waals surface area contributed by atoms with E-state index in [0.717, 1.165) is 5.69 Å². The number of nitrogens with one attached hydrogen (secondary N) is 1. The highest BCUT2D eigenvalue weighted by Crippen LogP contribution is 2.18. The zero-order valence-electron chi connectivity index (χ0n) is 14.6.